The van der Waals surface area contributed by atoms with Crippen molar-refractivity contribution in [2.45, 2.75) is 6.42 Å². The van der Waals surface area contributed by atoms with Gasteiger partial charge in [-0.15, -0.1) is 6.54 Å². The summed E-state index contributed by atoms with van der Waals surface area (Å²) in [6, 6.07) is 5.67. The fraction of sp³-hybridized carbons (Fsp3) is 0.333. The van der Waals surface area contributed by atoms with Crippen molar-refractivity contribution in [2.24, 2.45) is 0 Å². The molecular weight excluding hydrogens is 193 g/mol. The molecule has 0 heterocycles. The molecule has 0 aromatic heterocycles. The Bertz CT molecular complexity index is 261. The lowest BCUT2D eigenvalue weighted by Crippen LogP contribution is -1.89. The minimum absolute atomic E-state index is 0.605. The van der Waals surface area contributed by atoms with E-state index in [-0.39, 0.29) is 0 Å². The molecule has 0 bridgehead atoms. The summed E-state index contributed by atoms with van der Waals surface area (Å²) in [6.07, 6.45) is 0.924. The number of benzene rings is 1. The van der Waals surface area contributed by atoms with Gasteiger partial charge in [-0.05, 0) is 24.1 Å². The first-order chi connectivity index (χ1) is 5.74. The summed E-state index contributed by atoms with van der Waals surface area (Å²) < 4.78 is 0. The predicted octanol–water partition coefficient (Wildman–Crippen LogP) is 3.54. The van der Waals surface area contributed by atoms with Crippen molar-refractivity contribution in [1.29, 1.82) is 0 Å². The van der Waals surface area contributed by atoms with Gasteiger partial charge in [0, 0.05) is 0 Å². The fourth-order valence-corrected chi connectivity index (χ4v) is 1.26. The van der Waals surface area contributed by atoms with E-state index in [1.54, 1.807) is 7.05 Å². The molecule has 0 saturated heterocycles. The molecule has 66 valence electrons. The van der Waals surface area contributed by atoms with Gasteiger partial charge in [0.2, 0.25) is 0 Å². The van der Waals surface area contributed by atoms with Crippen LogP contribution in [0.25, 0.3) is 5.32 Å². The Morgan fingerprint density at radius 2 is 2.00 bits per heavy atom. The van der Waals surface area contributed by atoms with Crippen molar-refractivity contribution in [2.75, 3.05) is 13.6 Å². The minimum atomic E-state index is 0.605. The van der Waals surface area contributed by atoms with Crippen LogP contribution in [0.2, 0.25) is 10.0 Å². The Balaban J connectivity index is 2.69. The molecule has 1 rings (SSSR count). The predicted molar refractivity (Wildman–Crippen MR) is 54.3 cm³/mol. The Kier molecular flexibility index (Phi) is 3.86. The zero-order valence-electron chi connectivity index (χ0n) is 6.85. The van der Waals surface area contributed by atoms with Gasteiger partial charge in [-0.2, -0.15) is 7.05 Å². The molecule has 12 heavy (non-hydrogen) atoms. The van der Waals surface area contributed by atoms with Gasteiger partial charge < -0.3 is 5.32 Å². The molecule has 0 fully saturated rings. The van der Waals surface area contributed by atoms with E-state index in [1.165, 1.54) is 5.56 Å². The van der Waals surface area contributed by atoms with E-state index >= 15 is 0 Å². The van der Waals surface area contributed by atoms with E-state index in [0.717, 1.165) is 13.0 Å². The average Bonchev–Trinajstić information content (AvgIpc) is 2.07. The van der Waals surface area contributed by atoms with E-state index in [0.29, 0.717) is 10.0 Å². The highest BCUT2D eigenvalue weighted by molar-refractivity contribution is 6.42. The fourth-order valence-electron chi connectivity index (χ4n) is 0.936. The second kappa shape index (κ2) is 4.70. The Labute approximate surface area is 82.7 Å². The third-order valence-electron chi connectivity index (χ3n) is 1.61. The highest BCUT2D eigenvalue weighted by Gasteiger charge is 1.96. The largest absolute Gasteiger partial charge is 0.665 e. The van der Waals surface area contributed by atoms with E-state index in [9.17, 15) is 0 Å². The van der Waals surface area contributed by atoms with Gasteiger partial charge in [-0.25, -0.2) is 0 Å². The first-order valence-electron chi connectivity index (χ1n) is 3.73. The quantitative estimate of drug-likeness (QED) is 0.713. The monoisotopic (exact) mass is 202 g/mol. The normalized spacial score (nSPS) is 10.2. The van der Waals surface area contributed by atoms with Crippen LogP contribution in [-0.2, 0) is 6.42 Å². The molecule has 0 saturated carbocycles. The van der Waals surface area contributed by atoms with Gasteiger partial charge in [0.05, 0.1) is 10.0 Å². The Hall–Kier alpha value is -0.240. The van der Waals surface area contributed by atoms with Gasteiger partial charge in [-0.1, -0.05) is 29.3 Å². The molecule has 0 aliphatic rings. The van der Waals surface area contributed by atoms with E-state index in [1.807, 2.05) is 18.2 Å². The average molecular weight is 203 g/mol. The Morgan fingerprint density at radius 1 is 1.25 bits per heavy atom. The molecule has 0 atom stereocenters. The summed E-state index contributed by atoms with van der Waals surface area (Å²) in [5.41, 5.74) is 1.18. The van der Waals surface area contributed by atoms with Crippen molar-refractivity contribution in [3.8, 4) is 0 Å². The third kappa shape index (κ3) is 2.67. The van der Waals surface area contributed by atoms with E-state index in [4.69, 9.17) is 23.2 Å². The molecule has 0 radical (unpaired) electrons. The number of hydrogen-bond acceptors (Lipinski definition) is 0. The summed E-state index contributed by atoms with van der Waals surface area (Å²) in [4.78, 5) is 0. The van der Waals surface area contributed by atoms with Gasteiger partial charge in [-0.3, -0.25) is 0 Å². The third-order valence-corrected chi connectivity index (χ3v) is 2.35. The van der Waals surface area contributed by atoms with Crippen LogP contribution >= 0.6 is 23.2 Å². The second-order valence-electron chi connectivity index (χ2n) is 2.54. The number of hydrogen-bond donors (Lipinski definition) is 0. The van der Waals surface area contributed by atoms with Gasteiger partial charge >= 0.3 is 0 Å². The van der Waals surface area contributed by atoms with Crippen LogP contribution < -0.4 is 0 Å². The maximum Gasteiger partial charge on any atom is 0.0595 e. The molecule has 3 heteroatoms. The molecule has 0 aliphatic heterocycles. The standard InChI is InChI=1S/C9H10Cl2N/c1-12-5-4-7-2-3-8(10)9(11)6-7/h2-3,6H,4-5H2,1H3/q-1. The highest BCUT2D eigenvalue weighted by atomic mass is 35.5. The van der Waals surface area contributed by atoms with Crippen molar-refractivity contribution >= 4 is 23.2 Å². The first kappa shape index (κ1) is 9.85. The van der Waals surface area contributed by atoms with E-state index in [2.05, 4.69) is 5.32 Å². The zero-order chi connectivity index (χ0) is 8.97. The van der Waals surface area contributed by atoms with Crippen LogP contribution in [0.5, 0.6) is 0 Å². The molecule has 0 unspecified atom stereocenters. The SMILES string of the molecule is C[N-]CCc1ccc(Cl)c(Cl)c1. The zero-order valence-corrected chi connectivity index (χ0v) is 8.36. The summed E-state index contributed by atoms with van der Waals surface area (Å²) in [7, 11) is 1.80. The lowest BCUT2D eigenvalue weighted by atomic mass is 10.1. The minimum Gasteiger partial charge on any atom is -0.665 e. The molecular formula is C9H10Cl2N-. The maximum atomic E-state index is 5.83. The van der Waals surface area contributed by atoms with Crippen molar-refractivity contribution in [1.82, 2.24) is 0 Å². The number of likely N-dealkylation sites (N-methyl/N-ethyl adjacent to an activating group) is 1. The van der Waals surface area contributed by atoms with E-state index < -0.39 is 0 Å². The molecule has 1 nitrogen and oxygen atoms in total. The van der Waals surface area contributed by atoms with Crippen LogP contribution in [0.1, 0.15) is 5.56 Å². The van der Waals surface area contributed by atoms with Crippen LogP contribution in [0.4, 0.5) is 0 Å². The summed E-state index contributed by atoms with van der Waals surface area (Å²) in [5, 5.41) is 5.23. The first-order valence-corrected chi connectivity index (χ1v) is 4.49. The van der Waals surface area contributed by atoms with Crippen molar-refractivity contribution in [3.05, 3.63) is 39.1 Å². The van der Waals surface area contributed by atoms with Gasteiger partial charge in [0.15, 0.2) is 0 Å². The summed E-state index contributed by atoms with van der Waals surface area (Å²) >= 11 is 11.6. The van der Waals surface area contributed by atoms with Crippen molar-refractivity contribution in [3.63, 3.8) is 0 Å². The number of halogens is 2. The topological polar surface area (TPSA) is 14.1 Å². The van der Waals surface area contributed by atoms with Gasteiger partial charge in [0.25, 0.3) is 0 Å². The van der Waals surface area contributed by atoms with Crippen LogP contribution in [-0.4, -0.2) is 13.6 Å². The van der Waals surface area contributed by atoms with Gasteiger partial charge in [0.1, 0.15) is 0 Å². The molecule has 0 amide bonds. The second-order valence-corrected chi connectivity index (χ2v) is 3.35. The summed E-state index contributed by atoms with van der Waals surface area (Å²) in [5.74, 6) is 0. The smallest absolute Gasteiger partial charge is 0.0595 e. The number of nitrogens with zero attached hydrogens (tertiary/aromatic N) is 1. The molecule has 1 aromatic carbocycles. The van der Waals surface area contributed by atoms with Crippen LogP contribution in [0, 0.1) is 0 Å². The highest BCUT2D eigenvalue weighted by Crippen LogP contribution is 2.22. The summed E-state index contributed by atoms with van der Waals surface area (Å²) in [6.45, 7) is 0.831. The lowest BCUT2D eigenvalue weighted by molar-refractivity contribution is 1.04. The molecule has 1 aromatic rings. The molecule has 0 aliphatic carbocycles. The number of rotatable bonds is 3. The van der Waals surface area contributed by atoms with Crippen molar-refractivity contribution < 1.29 is 0 Å². The maximum absolute atomic E-state index is 5.83. The lowest BCUT2D eigenvalue weighted by Gasteiger charge is -2.10. The van der Waals surface area contributed by atoms with Crippen LogP contribution in [0.3, 0.4) is 0 Å². The molecule has 0 N–H and O–H groups in total. The Morgan fingerprint density at radius 3 is 2.58 bits per heavy atom. The van der Waals surface area contributed by atoms with Crippen LogP contribution in [0.15, 0.2) is 18.2 Å². The molecule has 0 spiro atoms.